The first-order valence-electron chi connectivity index (χ1n) is 8.17. The number of nitrogens with one attached hydrogen (secondary N) is 2. The average Bonchev–Trinajstić information content (AvgIpc) is 2.88. The molecule has 0 saturated carbocycles. The minimum absolute atomic E-state index is 0.0897. The fourth-order valence-corrected chi connectivity index (χ4v) is 2.74. The molecule has 0 unspecified atom stereocenters. The van der Waals surface area contributed by atoms with Gasteiger partial charge in [0.1, 0.15) is 0 Å². The first-order chi connectivity index (χ1) is 10.8. The number of amides is 2. The summed E-state index contributed by atoms with van der Waals surface area (Å²) in [6.45, 7) is 7.58. The SMILES string of the molecule is CN1CCC[C@@H]1CNC(=O)c1ccc(C(=O)NC(C)(C)C)cc1. The van der Waals surface area contributed by atoms with Gasteiger partial charge in [-0.15, -0.1) is 0 Å². The van der Waals surface area contributed by atoms with Gasteiger partial charge in [0.25, 0.3) is 11.8 Å². The summed E-state index contributed by atoms with van der Waals surface area (Å²) in [6, 6.07) is 7.21. The Morgan fingerprint density at radius 3 is 2.17 bits per heavy atom. The maximum absolute atomic E-state index is 12.2. The number of nitrogens with zero attached hydrogens (tertiary/aromatic N) is 1. The van der Waals surface area contributed by atoms with Gasteiger partial charge in [-0.05, 0) is 71.5 Å². The zero-order chi connectivity index (χ0) is 17.0. The molecule has 2 amide bonds. The lowest BCUT2D eigenvalue weighted by atomic mass is 10.1. The fraction of sp³-hybridized carbons (Fsp3) is 0.556. The number of carbonyl (C=O) groups is 2. The molecule has 5 heteroatoms. The lowest BCUT2D eigenvalue weighted by Gasteiger charge is -2.20. The number of benzene rings is 1. The van der Waals surface area contributed by atoms with Crippen LogP contribution in [0, 0.1) is 0 Å². The number of likely N-dealkylation sites (tertiary alicyclic amines) is 1. The quantitative estimate of drug-likeness (QED) is 0.893. The van der Waals surface area contributed by atoms with Gasteiger partial charge in [0.15, 0.2) is 0 Å². The Labute approximate surface area is 138 Å². The van der Waals surface area contributed by atoms with Crippen LogP contribution in [0.5, 0.6) is 0 Å². The molecule has 2 rings (SSSR count). The van der Waals surface area contributed by atoms with E-state index in [0.29, 0.717) is 23.7 Å². The van der Waals surface area contributed by atoms with Crippen LogP contribution in [0.25, 0.3) is 0 Å². The summed E-state index contributed by atoms with van der Waals surface area (Å²) >= 11 is 0. The molecule has 5 nitrogen and oxygen atoms in total. The molecule has 0 spiro atoms. The number of rotatable bonds is 4. The van der Waals surface area contributed by atoms with Crippen LogP contribution < -0.4 is 10.6 Å². The summed E-state index contributed by atoms with van der Waals surface area (Å²) in [5, 5.41) is 5.88. The van der Waals surface area contributed by atoms with E-state index >= 15 is 0 Å². The minimum Gasteiger partial charge on any atom is -0.350 e. The third-order valence-electron chi connectivity index (χ3n) is 4.07. The van der Waals surface area contributed by atoms with Crippen LogP contribution in [0.1, 0.15) is 54.3 Å². The molecule has 23 heavy (non-hydrogen) atoms. The molecular formula is C18H27N3O2. The second-order valence-corrected chi connectivity index (χ2v) is 7.27. The smallest absolute Gasteiger partial charge is 0.251 e. The van der Waals surface area contributed by atoms with Gasteiger partial charge in [0.05, 0.1) is 0 Å². The molecule has 1 saturated heterocycles. The van der Waals surface area contributed by atoms with Crippen molar-refractivity contribution in [1.29, 1.82) is 0 Å². The maximum Gasteiger partial charge on any atom is 0.251 e. The van der Waals surface area contributed by atoms with Crippen LogP contribution in [0.4, 0.5) is 0 Å². The van der Waals surface area contributed by atoms with Crippen LogP contribution in [0.3, 0.4) is 0 Å². The fourth-order valence-electron chi connectivity index (χ4n) is 2.74. The Morgan fingerprint density at radius 1 is 1.13 bits per heavy atom. The minimum atomic E-state index is -0.277. The van der Waals surface area contributed by atoms with E-state index in [1.807, 2.05) is 20.8 Å². The van der Waals surface area contributed by atoms with Crippen molar-refractivity contribution in [3.8, 4) is 0 Å². The van der Waals surface area contributed by atoms with E-state index in [0.717, 1.165) is 13.0 Å². The highest BCUT2D eigenvalue weighted by Gasteiger charge is 2.21. The highest BCUT2D eigenvalue weighted by Crippen LogP contribution is 2.14. The van der Waals surface area contributed by atoms with Gasteiger partial charge in [0, 0.05) is 29.3 Å². The first-order valence-corrected chi connectivity index (χ1v) is 8.17. The van der Waals surface area contributed by atoms with Gasteiger partial charge in [-0.25, -0.2) is 0 Å². The number of carbonyl (C=O) groups excluding carboxylic acids is 2. The highest BCUT2D eigenvalue weighted by molar-refractivity contribution is 5.98. The van der Waals surface area contributed by atoms with Crippen molar-refractivity contribution in [2.24, 2.45) is 0 Å². The average molecular weight is 317 g/mol. The van der Waals surface area contributed by atoms with Gasteiger partial charge >= 0.3 is 0 Å². The van der Waals surface area contributed by atoms with Crippen LogP contribution in [0.15, 0.2) is 24.3 Å². The van der Waals surface area contributed by atoms with Crippen molar-refractivity contribution in [3.63, 3.8) is 0 Å². The second-order valence-electron chi connectivity index (χ2n) is 7.27. The summed E-state index contributed by atoms with van der Waals surface area (Å²) < 4.78 is 0. The molecule has 1 heterocycles. The topological polar surface area (TPSA) is 61.4 Å². The lowest BCUT2D eigenvalue weighted by Crippen LogP contribution is -2.40. The van der Waals surface area contributed by atoms with E-state index in [2.05, 4.69) is 22.6 Å². The lowest BCUT2D eigenvalue weighted by molar-refractivity contribution is 0.0914. The summed E-state index contributed by atoms with van der Waals surface area (Å²) in [7, 11) is 2.09. The Bertz CT molecular complexity index is 561. The van der Waals surface area contributed by atoms with Gasteiger partial charge in [-0.2, -0.15) is 0 Å². The Hall–Kier alpha value is -1.88. The first kappa shape index (κ1) is 17.5. The van der Waals surface area contributed by atoms with Crippen molar-refractivity contribution in [2.75, 3.05) is 20.1 Å². The van der Waals surface area contributed by atoms with Crippen molar-refractivity contribution in [1.82, 2.24) is 15.5 Å². The second kappa shape index (κ2) is 7.13. The number of hydrogen-bond donors (Lipinski definition) is 2. The molecule has 1 aromatic rings. The molecule has 0 radical (unpaired) electrons. The Balaban J connectivity index is 1.91. The molecule has 1 aliphatic rings. The molecule has 0 bridgehead atoms. The van der Waals surface area contributed by atoms with E-state index in [1.54, 1.807) is 24.3 Å². The highest BCUT2D eigenvalue weighted by atomic mass is 16.2. The van der Waals surface area contributed by atoms with Crippen molar-refractivity contribution < 1.29 is 9.59 Å². The van der Waals surface area contributed by atoms with Gasteiger partial charge in [-0.3, -0.25) is 9.59 Å². The maximum atomic E-state index is 12.2. The summed E-state index contributed by atoms with van der Waals surface area (Å²) in [4.78, 5) is 26.5. The molecule has 1 aromatic carbocycles. The normalized spacial score (nSPS) is 18.7. The van der Waals surface area contributed by atoms with Crippen LogP contribution in [-0.4, -0.2) is 48.4 Å². The summed E-state index contributed by atoms with van der Waals surface area (Å²) in [5.74, 6) is -0.217. The van der Waals surface area contributed by atoms with Crippen LogP contribution in [0.2, 0.25) is 0 Å². The zero-order valence-electron chi connectivity index (χ0n) is 14.5. The van der Waals surface area contributed by atoms with Crippen LogP contribution >= 0.6 is 0 Å². The molecule has 126 valence electrons. The standard InChI is InChI=1S/C18H27N3O2/c1-18(2,3)20-17(23)14-9-7-13(8-10-14)16(22)19-12-15-6-5-11-21(15)4/h7-10,15H,5-6,11-12H2,1-4H3,(H,19,22)(H,20,23)/t15-/m1/s1. The molecule has 1 fully saturated rings. The van der Waals surface area contributed by atoms with Gasteiger partial charge < -0.3 is 15.5 Å². The molecule has 2 N–H and O–H groups in total. The predicted molar refractivity (Wildman–Crippen MR) is 91.6 cm³/mol. The van der Waals surface area contributed by atoms with E-state index in [1.165, 1.54) is 6.42 Å². The number of likely N-dealkylation sites (N-methyl/N-ethyl adjacent to an activating group) is 1. The van der Waals surface area contributed by atoms with Gasteiger partial charge in [0.2, 0.25) is 0 Å². The van der Waals surface area contributed by atoms with Crippen LogP contribution in [-0.2, 0) is 0 Å². The Kier molecular flexibility index (Phi) is 5.42. The van der Waals surface area contributed by atoms with E-state index in [9.17, 15) is 9.59 Å². The molecular weight excluding hydrogens is 290 g/mol. The third kappa shape index (κ3) is 5.06. The van der Waals surface area contributed by atoms with E-state index < -0.39 is 0 Å². The summed E-state index contributed by atoms with van der Waals surface area (Å²) in [6.07, 6.45) is 2.32. The van der Waals surface area contributed by atoms with Gasteiger partial charge in [-0.1, -0.05) is 0 Å². The largest absolute Gasteiger partial charge is 0.350 e. The van der Waals surface area contributed by atoms with Crippen molar-refractivity contribution in [2.45, 2.75) is 45.2 Å². The molecule has 1 aliphatic heterocycles. The predicted octanol–water partition coefficient (Wildman–Crippen LogP) is 2.04. The molecule has 0 aliphatic carbocycles. The van der Waals surface area contributed by atoms with Crippen molar-refractivity contribution >= 4 is 11.8 Å². The van der Waals surface area contributed by atoms with E-state index in [-0.39, 0.29) is 17.4 Å². The van der Waals surface area contributed by atoms with E-state index in [4.69, 9.17) is 0 Å². The zero-order valence-corrected chi connectivity index (χ0v) is 14.5. The number of hydrogen-bond acceptors (Lipinski definition) is 3. The Morgan fingerprint density at radius 2 is 1.70 bits per heavy atom. The third-order valence-corrected chi connectivity index (χ3v) is 4.07. The summed E-state index contributed by atoms with van der Waals surface area (Å²) in [5.41, 5.74) is 0.866. The molecule has 1 atom stereocenters. The van der Waals surface area contributed by atoms with Crippen molar-refractivity contribution in [3.05, 3.63) is 35.4 Å². The molecule has 0 aromatic heterocycles. The monoisotopic (exact) mass is 317 g/mol.